The topological polar surface area (TPSA) is 95.5 Å². The van der Waals surface area contributed by atoms with Crippen LogP contribution in [0, 0.1) is 11.7 Å². The highest BCUT2D eigenvalue weighted by Gasteiger charge is 2.30. The summed E-state index contributed by atoms with van der Waals surface area (Å²) in [5.74, 6) is -2.77. The van der Waals surface area contributed by atoms with Crippen LogP contribution in [-0.4, -0.2) is 28.9 Å². The second kappa shape index (κ2) is 6.55. The number of anilines is 1. The second-order valence-electron chi connectivity index (χ2n) is 5.42. The zero-order valence-electron chi connectivity index (χ0n) is 12.1. The molecular weight excluding hydrogens is 291 g/mol. The number of aliphatic carboxylic acids is 1. The molecule has 22 heavy (non-hydrogen) atoms. The van der Waals surface area contributed by atoms with Crippen molar-refractivity contribution in [2.45, 2.75) is 32.2 Å². The molecule has 0 aliphatic heterocycles. The van der Waals surface area contributed by atoms with Crippen LogP contribution in [0.4, 0.5) is 10.1 Å². The lowest BCUT2D eigenvalue weighted by atomic mass is 10.1. The second-order valence-corrected chi connectivity index (χ2v) is 5.42. The average molecular weight is 308 g/mol. The van der Waals surface area contributed by atoms with Gasteiger partial charge in [-0.3, -0.25) is 9.59 Å². The van der Waals surface area contributed by atoms with E-state index in [1.165, 1.54) is 19.1 Å². The van der Waals surface area contributed by atoms with Crippen LogP contribution < -0.4 is 10.6 Å². The molecule has 1 fully saturated rings. The van der Waals surface area contributed by atoms with Crippen LogP contribution in [0.2, 0.25) is 0 Å². The van der Waals surface area contributed by atoms with Gasteiger partial charge in [0.25, 0.3) is 5.91 Å². The minimum atomic E-state index is -1.14. The Morgan fingerprint density at radius 2 is 2.05 bits per heavy atom. The molecule has 1 saturated carbocycles. The summed E-state index contributed by atoms with van der Waals surface area (Å²) in [7, 11) is 0. The third-order valence-electron chi connectivity index (χ3n) is 3.40. The maximum absolute atomic E-state index is 13.8. The molecule has 7 heteroatoms. The summed E-state index contributed by atoms with van der Waals surface area (Å²) in [6, 6.07) is 2.52. The van der Waals surface area contributed by atoms with Crippen molar-refractivity contribution in [2.75, 3.05) is 5.32 Å². The predicted octanol–water partition coefficient (Wildman–Crippen LogP) is 1.77. The molecule has 0 spiro atoms. The van der Waals surface area contributed by atoms with Gasteiger partial charge in [0.1, 0.15) is 11.9 Å². The minimum absolute atomic E-state index is 0.271. The maximum atomic E-state index is 13.8. The molecule has 1 aromatic carbocycles. The van der Waals surface area contributed by atoms with Crippen molar-refractivity contribution >= 4 is 23.5 Å². The smallest absolute Gasteiger partial charge is 0.326 e. The van der Waals surface area contributed by atoms with E-state index in [-0.39, 0.29) is 17.2 Å². The van der Waals surface area contributed by atoms with E-state index in [1.807, 2.05) is 0 Å². The molecule has 2 amide bonds. The number of carbonyl (C=O) groups is 3. The van der Waals surface area contributed by atoms with Crippen molar-refractivity contribution in [3.63, 3.8) is 0 Å². The summed E-state index contributed by atoms with van der Waals surface area (Å²) >= 11 is 0. The molecule has 0 radical (unpaired) electrons. The highest BCUT2D eigenvalue weighted by molar-refractivity contribution is 5.98. The summed E-state index contributed by atoms with van der Waals surface area (Å²) in [6.45, 7) is 1.29. The van der Waals surface area contributed by atoms with Gasteiger partial charge in [0.05, 0.1) is 5.56 Å². The molecule has 1 aliphatic carbocycles. The van der Waals surface area contributed by atoms with E-state index in [1.54, 1.807) is 0 Å². The first kappa shape index (κ1) is 15.9. The zero-order chi connectivity index (χ0) is 16.3. The summed E-state index contributed by atoms with van der Waals surface area (Å²) in [6.07, 6.45) is 2.24. The van der Waals surface area contributed by atoms with Gasteiger partial charge in [-0.1, -0.05) is 12.8 Å². The van der Waals surface area contributed by atoms with Gasteiger partial charge in [-0.15, -0.1) is 0 Å². The number of nitrogens with one attached hydrogen (secondary N) is 2. The van der Waals surface area contributed by atoms with E-state index in [0.29, 0.717) is 12.3 Å². The number of halogens is 1. The third kappa shape index (κ3) is 4.28. The Bertz CT molecular complexity index is 614. The fourth-order valence-corrected chi connectivity index (χ4v) is 2.12. The van der Waals surface area contributed by atoms with E-state index in [0.717, 1.165) is 18.9 Å². The molecule has 1 aromatic rings. The van der Waals surface area contributed by atoms with Crippen molar-refractivity contribution < 1.29 is 23.9 Å². The lowest BCUT2D eigenvalue weighted by Crippen LogP contribution is -2.41. The molecule has 0 saturated heterocycles. The Hall–Kier alpha value is -2.44. The Kier molecular flexibility index (Phi) is 4.75. The summed E-state index contributed by atoms with van der Waals surface area (Å²) in [4.78, 5) is 34.2. The van der Waals surface area contributed by atoms with E-state index in [9.17, 15) is 18.8 Å². The van der Waals surface area contributed by atoms with Crippen LogP contribution in [0.5, 0.6) is 0 Å². The fraction of sp³-hybridized carbons (Fsp3) is 0.400. The minimum Gasteiger partial charge on any atom is -0.480 e. The lowest BCUT2D eigenvalue weighted by Gasteiger charge is -2.15. The van der Waals surface area contributed by atoms with Gasteiger partial charge in [0.2, 0.25) is 5.91 Å². The van der Waals surface area contributed by atoms with Gasteiger partial charge in [-0.2, -0.15) is 0 Å². The highest BCUT2D eigenvalue weighted by atomic mass is 19.1. The van der Waals surface area contributed by atoms with Gasteiger partial charge in [-0.25, -0.2) is 9.18 Å². The highest BCUT2D eigenvalue weighted by Crippen LogP contribution is 2.33. The number of hydrogen-bond donors (Lipinski definition) is 3. The zero-order valence-corrected chi connectivity index (χ0v) is 12.1. The molecule has 1 atom stereocenters. The largest absolute Gasteiger partial charge is 0.480 e. The molecule has 0 aromatic heterocycles. The monoisotopic (exact) mass is 308 g/mol. The van der Waals surface area contributed by atoms with Crippen molar-refractivity contribution in [3.8, 4) is 0 Å². The normalized spacial score (nSPS) is 15.0. The molecule has 6 nitrogen and oxygen atoms in total. The Labute approximate surface area is 126 Å². The van der Waals surface area contributed by atoms with Gasteiger partial charge < -0.3 is 15.7 Å². The van der Waals surface area contributed by atoms with E-state index in [2.05, 4.69) is 10.6 Å². The number of hydrogen-bond acceptors (Lipinski definition) is 3. The Balaban J connectivity index is 2.12. The Morgan fingerprint density at radius 3 is 2.59 bits per heavy atom. The van der Waals surface area contributed by atoms with Crippen LogP contribution in [0.1, 0.15) is 36.5 Å². The number of amides is 2. The SMILES string of the molecule is CC(=O)Nc1ccc(F)c(C(=O)NC(CC2CC2)C(=O)O)c1. The van der Waals surface area contributed by atoms with Crippen molar-refractivity contribution in [1.82, 2.24) is 5.32 Å². The standard InChI is InChI=1S/C15H17FN2O4/c1-8(19)17-10-4-5-12(16)11(7-10)14(20)18-13(15(21)22)6-9-2-3-9/h4-5,7,9,13H,2-3,6H2,1H3,(H,17,19)(H,18,20)(H,21,22). The van der Waals surface area contributed by atoms with Crippen LogP contribution in [0.25, 0.3) is 0 Å². The van der Waals surface area contributed by atoms with Crippen molar-refractivity contribution in [2.24, 2.45) is 5.92 Å². The number of carboxylic acid groups (broad SMARTS) is 1. The molecule has 1 unspecified atom stereocenters. The number of carbonyl (C=O) groups excluding carboxylic acids is 2. The van der Waals surface area contributed by atoms with Gasteiger partial charge >= 0.3 is 5.97 Å². The molecule has 1 aliphatic rings. The van der Waals surface area contributed by atoms with Gasteiger partial charge in [0.15, 0.2) is 0 Å². The first-order valence-electron chi connectivity index (χ1n) is 6.97. The summed E-state index contributed by atoms with van der Waals surface area (Å²) < 4.78 is 13.8. The molecule has 118 valence electrons. The van der Waals surface area contributed by atoms with Gasteiger partial charge in [-0.05, 0) is 30.5 Å². The van der Waals surface area contributed by atoms with Gasteiger partial charge in [0, 0.05) is 12.6 Å². The molecule has 0 bridgehead atoms. The third-order valence-corrected chi connectivity index (χ3v) is 3.40. The number of rotatable bonds is 6. The van der Waals surface area contributed by atoms with Crippen molar-refractivity contribution in [1.29, 1.82) is 0 Å². The van der Waals surface area contributed by atoms with Crippen LogP contribution >= 0.6 is 0 Å². The molecule has 3 N–H and O–H groups in total. The Morgan fingerprint density at radius 1 is 1.36 bits per heavy atom. The first-order chi connectivity index (χ1) is 10.4. The fourth-order valence-electron chi connectivity index (χ4n) is 2.12. The lowest BCUT2D eigenvalue weighted by molar-refractivity contribution is -0.139. The van der Waals surface area contributed by atoms with E-state index < -0.39 is 23.7 Å². The van der Waals surface area contributed by atoms with E-state index in [4.69, 9.17) is 5.11 Å². The molecular formula is C15H17FN2O4. The number of carboxylic acids is 1. The molecule has 2 rings (SSSR count). The van der Waals surface area contributed by atoms with Crippen LogP contribution in [0.3, 0.4) is 0 Å². The summed E-state index contributed by atoms with van der Waals surface area (Å²) in [5, 5.41) is 13.9. The van der Waals surface area contributed by atoms with E-state index >= 15 is 0 Å². The summed E-state index contributed by atoms with van der Waals surface area (Å²) in [5.41, 5.74) is -0.0265. The van der Waals surface area contributed by atoms with Crippen LogP contribution in [-0.2, 0) is 9.59 Å². The predicted molar refractivity (Wildman–Crippen MR) is 76.9 cm³/mol. The maximum Gasteiger partial charge on any atom is 0.326 e. The first-order valence-corrected chi connectivity index (χ1v) is 6.97. The van der Waals surface area contributed by atoms with Crippen LogP contribution in [0.15, 0.2) is 18.2 Å². The quantitative estimate of drug-likeness (QED) is 0.746. The average Bonchev–Trinajstić information content (AvgIpc) is 3.23. The van der Waals surface area contributed by atoms with Crippen molar-refractivity contribution in [3.05, 3.63) is 29.6 Å². The molecule has 0 heterocycles. The number of benzene rings is 1.